The van der Waals surface area contributed by atoms with Crippen LogP contribution in [0.15, 0.2) is 63.1 Å². The molecule has 1 aromatic heterocycles. The molecular formula is C18H15NO5S. The van der Waals surface area contributed by atoms with Crippen LogP contribution in [0.4, 0.5) is 0 Å². The quantitative estimate of drug-likeness (QED) is 0.727. The molecule has 2 aromatic carbocycles. The maximum atomic E-state index is 13.2. The van der Waals surface area contributed by atoms with Crippen molar-refractivity contribution in [2.45, 2.75) is 16.7 Å². The van der Waals surface area contributed by atoms with Crippen molar-refractivity contribution >= 4 is 26.7 Å². The van der Waals surface area contributed by atoms with Crippen LogP contribution in [0.1, 0.15) is 15.9 Å². The number of pyridine rings is 1. The molecule has 0 aliphatic rings. The van der Waals surface area contributed by atoms with Gasteiger partial charge in [0.15, 0.2) is 0 Å². The summed E-state index contributed by atoms with van der Waals surface area (Å²) in [5.74, 6) is -1.00. The third-order valence-electron chi connectivity index (χ3n) is 3.86. The number of hydrogen-bond donors (Lipinski definition) is 1. The average molecular weight is 357 g/mol. The lowest BCUT2D eigenvalue weighted by Gasteiger charge is -2.12. The number of hydrogen-bond acceptors (Lipinski definition) is 5. The molecule has 0 saturated carbocycles. The molecule has 0 saturated heterocycles. The molecule has 0 bridgehead atoms. The summed E-state index contributed by atoms with van der Waals surface area (Å²) in [5, 5.41) is 0.253. The Morgan fingerprint density at radius 2 is 1.68 bits per heavy atom. The number of aryl methyl sites for hydroxylation is 1. The monoisotopic (exact) mass is 357 g/mol. The largest absolute Gasteiger partial charge is 0.465 e. The van der Waals surface area contributed by atoms with Gasteiger partial charge in [0.2, 0.25) is 9.84 Å². The third kappa shape index (κ3) is 2.83. The molecule has 7 heteroatoms. The van der Waals surface area contributed by atoms with Crippen molar-refractivity contribution < 1.29 is 17.9 Å². The molecule has 0 radical (unpaired) electrons. The highest BCUT2D eigenvalue weighted by Gasteiger charge is 2.30. The molecule has 1 heterocycles. The van der Waals surface area contributed by atoms with E-state index in [9.17, 15) is 18.0 Å². The number of carbonyl (C=O) groups excluding carboxylic acids is 1. The maximum Gasteiger partial charge on any atom is 0.344 e. The Balaban J connectivity index is 2.46. The summed E-state index contributed by atoms with van der Waals surface area (Å²) in [6.07, 6.45) is 0. The van der Waals surface area contributed by atoms with Crippen LogP contribution in [0.5, 0.6) is 0 Å². The number of aromatic amines is 1. The van der Waals surface area contributed by atoms with Crippen molar-refractivity contribution in [3.8, 4) is 0 Å². The van der Waals surface area contributed by atoms with Gasteiger partial charge in [-0.2, -0.15) is 0 Å². The highest BCUT2D eigenvalue weighted by molar-refractivity contribution is 7.91. The van der Waals surface area contributed by atoms with Crippen LogP contribution in [0.25, 0.3) is 10.9 Å². The number of sulfone groups is 1. The Morgan fingerprint density at radius 3 is 2.32 bits per heavy atom. The standard InChI is InChI=1S/C18H15NO5S/c1-11-7-9-12(10-8-11)25(22,23)16-13-5-3-4-6-14(13)19-17(20)15(16)18(21)24-2/h3-10H,1-2H3,(H,19,20). The number of carbonyl (C=O) groups is 1. The van der Waals surface area contributed by atoms with Gasteiger partial charge in [0, 0.05) is 10.9 Å². The summed E-state index contributed by atoms with van der Waals surface area (Å²) in [7, 11) is -3.01. The van der Waals surface area contributed by atoms with Crippen LogP contribution in [0, 0.1) is 6.92 Å². The number of methoxy groups -OCH3 is 1. The van der Waals surface area contributed by atoms with E-state index in [1.54, 1.807) is 36.4 Å². The van der Waals surface area contributed by atoms with Gasteiger partial charge in [-0.05, 0) is 25.1 Å². The van der Waals surface area contributed by atoms with Crippen LogP contribution in [-0.4, -0.2) is 26.5 Å². The van der Waals surface area contributed by atoms with E-state index in [2.05, 4.69) is 9.72 Å². The smallest absolute Gasteiger partial charge is 0.344 e. The van der Waals surface area contributed by atoms with Crippen LogP contribution in [0.3, 0.4) is 0 Å². The van der Waals surface area contributed by atoms with Gasteiger partial charge < -0.3 is 9.72 Å². The molecule has 1 N–H and O–H groups in total. The van der Waals surface area contributed by atoms with E-state index >= 15 is 0 Å². The fraction of sp³-hybridized carbons (Fsp3) is 0.111. The number of ether oxygens (including phenoxy) is 1. The van der Waals surface area contributed by atoms with Gasteiger partial charge in [0.25, 0.3) is 5.56 Å². The van der Waals surface area contributed by atoms with E-state index < -0.39 is 26.9 Å². The zero-order valence-corrected chi connectivity index (χ0v) is 14.4. The molecular weight excluding hydrogens is 342 g/mol. The van der Waals surface area contributed by atoms with Crippen LogP contribution in [-0.2, 0) is 14.6 Å². The van der Waals surface area contributed by atoms with Crippen LogP contribution in [0.2, 0.25) is 0 Å². The zero-order chi connectivity index (χ0) is 18.2. The first-order valence-corrected chi connectivity index (χ1v) is 8.89. The second-order valence-corrected chi connectivity index (χ2v) is 7.40. The Bertz CT molecular complexity index is 1130. The van der Waals surface area contributed by atoms with E-state index in [-0.39, 0.29) is 15.2 Å². The number of benzene rings is 2. The van der Waals surface area contributed by atoms with Gasteiger partial charge in [0.1, 0.15) is 10.5 Å². The van der Waals surface area contributed by atoms with E-state index in [4.69, 9.17) is 0 Å². The number of H-pyrrole nitrogens is 1. The summed E-state index contributed by atoms with van der Waals surface area (Å²) in [5.41, 5.74) is -0.119. The number of esters is 1. The van der Waals surface area contributed by atoms with Gasteiger partial charge in [-0.25, -0.2) is 13.2 Å². The van der Waals surface area contributed by atoms with Crippen LogP contribution >= 0.6 is 0 Å². The molecule has 0 aliphatic carbocycles. The topological polar surface area (TPSA) is 93.3 Å². The molecule has 128 valence electrons. The van der Waals surface area contributed by atoms with Crippen molar-refractivity contribution in [1.82, 2.24) is 4.98 Å². The second kappa shape index (κ2) is 6.18. The molecule has 0 aliphatic heterocycles. The second-order valence-electron chi connectivity index (χ2n) is 5.51. The molecule has 0 atom stereocenters. The number of para-hydroxylation sites is 1. The predicted molar refractivity (Wildman–Crippen MR) is 92.5 cm³/mol. The Hall–Kier alpha value is -2.93. The molecule has 3 aromatic rings. The summed E-state index contributed by atoms with van der Waals surface area (Å²) in [6, 6.07) is 12.6. The lowest BCUT2D eigenvalue weighted by molar-refractivity contribution is 0.0594. The Labute approximate surface area is 144 Å². The van der Waals surface area contributed by atoms with Gasteiger partial charge in [0.05, 0.1) is 12.0 Å². The number of rotatable bonds is 3. The van der Waals surface area contributed by atoms with Crippen molar-refractivity contribution in [2.75, 3.05) is 7.11 Å². The third-order valence-corrected chi connectivity index (χ3v) is 5.72. The van der Waals surface area contributed by atoms with E-state index in [1.165, 1.54) is 12.1 Å². The fourth-order valence-corrected chi connectivity index (χ4v) is 4.26. The van der Waals surface area contributed by atoms with E-state index in [0.29, 0.717) is 5.52 Å². The number of nitrogens with one attached hydrogen (secondary N) is 1. The molecule has 3 rings (SSSR count). The van der Waals surface area contributed by atoms with Crippen molar-refractivity contribution in [2.24, 2.45) is 0 Å². The SMILES string of the molecule is COC(=O)c1c(S(=O)(=O)c2ccc(C)cc2)c2ccccc2[nH]c1=O. The normalized spacial score (nSPS) is 11.4. The fourth-order valence-electron chi connectivity index (χ4n) is 2.61. The zero-order valence-electron chi connectivity index (χ0n) is 13.6. The Morgan fingerprint density at radius 1 is 1.04 bits per heavy atom. The molecule has 0 amide bonds. The minimum atomic E-state index is -4.11. The highest BCUT2D eigenvalue weighted by atomic mass is 32.2. The van der Waals surface area contributed by atoms with E-state index in [1.807, 2.05) is 6.92 Å². The minimum absolute atomic E-state index is 0.000920. The molecule has 0 spiro atoms. The average Bonchev–Trinajstić information content (AvgIpc) is 2.60. The van der Waals surface area contributed by atoms with Crippen molar-refractivity contribution in [1.29, 1.82) is 0 Å². The van der Waals surface area contributed by atoms with Crippen LogP contribution < -0.4 is 5.56 Å². The van der Waals surface area contributed by atoms with Gasteiger partial charge in [-0.1, -0.05) is 35.9 Å². The summed E-state index contributed by atoms with van der Waals surface area (Å²) >= 11 is 0. The van der Waals surface area contributed by atoms with Gasteiger partial charge in [-0.3, -0.25) is 4.79 Å². The Kier molecular flexibility index (Phi) is 4.18. The lowest BCUT2D eigenvalue weighted by atomic mass is 10.1. The summed E-state index contributed by atoms with van der Waals surface area (Å²) < 4.78 is 31.0. The number of aromatic nitrogens is 1. The highest BCUT2D eigenvalue weighted by Crippen LogP contribution is 2.29. The molecule has 25 heavy (non-hydrogen) atoms. The van der Waals surface area contributed by atoms with Gasteiger partial charge in [-0.15, -0.1) is 0 Å². The molecule has 0 unspecified atom stereocenters. The predicted octanol–water partition coefficient (Wildman–Crippen LogP) is 2.46. The summed E-state index contributed by atoms with van der Waals surface area (Å²) in [4.78, 5) is 26.7. The summed E-state index contributed by atoms with van der Waals surface area (Å²) in [6.45, 7) is 1.83. The first-order chi connectivity index (χ1) is 11.9. The minimum Gasteiger partial charge on any atom is -0.465 e. The molecule has 6 nitrogen and oxygen atoms in total. The first kappa shape index (κ1) is 16.9. The van der Waals surface area contributed by atoms with Crippen molar-refractivity contribution in [3.05, 3.63) is 70.0 Å². The maximum absolute atomic E-state index is 13.2. The molecule has 0 fully saturated rings. The number of fused-ring (bicyclic) bond motifs is 1. The van der Waals surface area contributed by atoms with Gasteiger partial charge >= 0.3 is 5.97 Å². The van der Waals surface area contributed by atoms with Crippen molar-refractivity contribution in [3.63, 3.8) is 0 Å². The first-order valence-electron chi connectivity index (χ1n) is 7.41. The lowest BCUT2D eigenvalue weighted by Crippen LogP contribution is -2.24. The van der Waals surface area contributed by atoms with E-state index in [0.717, 1.165) is 12.7 Å².